The maximum atomic E-state index is 11.4. The van der Waals surface area contributed by atoms with E-state index in [-0.39, 0.29) is 5.25 Å². The molecule has 0 aliphatic heterocycles. The second kappa shape index (κ2) is 6.01. The molecule has 0 bridgehead atoms. The van der Waals surface area contributed by atoms with Gasteiger partial charge in [-0.25, -0.2) is 8.42 Å². The maximum absolute atomic E-state index is 11.4. The number of aromatic nitrogens is 1. The molecule has 0 unspecified atom stereocenters. The summed E-state index contributed by atoms with van der Waals surface area (Å²) in [6.45, 7) is 3.96. The van der Waals surface area contributed by atoms with Crippen LogP contribution in [0.2, 0.25) is 0 Å². The van der Waals surface area contributed by atoms with Crippen LogP contribution >= 0.6 is 11.8 Å². The van der Waals surface area contributed by atoms with Crippen LogP contribution in [0.15, 0.2) is 39.8 Å². The zero-order valence-corrected chi connectivity index (χ0v) is 13.3. The highest BCUT2D eigenvalue weighted by Crippen LogP contribution is 2.31. The van der Waals surface area contributed by atoms with Gasteiger partial charge in [-0.2, -0.15) is 0 Å². The van der Waals surface area contributed by atoms with Gasteiger partial charge in [-0.05, 0) is 31.5 Å². The molecule has 2 rings (SSSR count). The van der Waals surface area contributed by atoms with Crippen molar-refractivity contribution in [2.75, 3.05) is 6.26 Å². The number of hydrogen-bond donors (Lipinski definition) is 0. The van der Waals surface area contributed by atoms with Gasteiger partial charge in [-0.3, -0.25) is 0 Å². The third kappa shape index (κ3) is 3.86. The summed E-state index contributed by atoms with van der Waals surface area (Å²) < 4.78 is 27.8. The first-order valence-corrected chi connectivity index (χ1v) is 9.14. The Balaban J connectivity index is 2.00. The van der Waals surface area contributed by atoms with E-state index in [2.05, 4.69) is 12.1 Å². The van der Waals surface area contributed by atoms with Gasteiger partial charge in [0.25, 0.3) is 0 Å². The molecule has 0 amide bonds. The number of rotatable bonds is 5. The molecule has 6 heteroatoms. The fraction of sp³-hybridized carbons (Fsp3) is 0.357. The van der Waals surface area contributed by atoms with Gasteiger partial charge in [0.1, 0.15) is 5.76 Å². The number of hydrogen-bond acceptors (Lipinski definition) is 5. The molecule has 1 aromatic heterocycles. The summed E-state index contributed by atoms with van der Waals surface area (Å²) in [6, 6.07) is 8.96. The van der Waals surface area contributed by atoms with Gasteiger partial charge in [-0.1, -0.05) is 17.3 Å². The topological polar surface area (TPSA) is 60.2 Å². The standard InChI is InChI=1S/C14H17NO3S2/c1-10-8-13(15-18-10)9-19-11(2)12-4-6-14(7-5-12)20(3,16)17/h4-8,11H,9H2,1-3H3/t11-/m1/s1. The Labute approximate surface area is 123 Å². The van der Waals surface area contributed by atoms with E-state index >= 15 is 0 Å². The zero-order valence-electron chi connectivity index (χ0n) is 11.7. The van der Waals surface area contributed by atoms with Crippen LogP contribution < -0.4 is 0 Å². The van der Waals surface area contributed by atoms with Crippen LogP contribution in [0.5, 0.6) is 0 Å². The lowest BCUT2D eigenvalue weighted by Gasteiger charge is -2.11. The Morgan fingerprint density at radius 1 is 1.30 bits per heavy atom. The molecule has 0 aliphatic rings. The first kappa shape index (κ1) is 15.1. The van der Waals surface area contributed by atoms with Gasteiger partial charge in [0.15, 0.2) is 9.84 Å². The summed E-state index contributed by atoms with van der Waals surface area (Å²) in [5, 5.41) is 4.22. The zero-order chi connectivity index (χ0) is 14.8. The van der Waals surface area contributed by atoms with Gasteiger partial charge in [0, 0.05) is 23.3 Å². The predicted molar refractivity (Wildman–Crippen MR) is 80.5 cm³/mol. The molecule has 0 saturated carbocycles. The molecule has 1 aromatic carbocycles. The lowest BCUT2D eigenvalue weighted by molar-refractivity contribution is 0.393. The van der Waals surface area contributed by atoms with E-state index < -0.39 is 9.84 Å². The molecule has 0 aliphatic carbocycles. The number of nitrogens with zero attached hydrogens (tertiary/aromatic N) is 1. The van der Waals surface area contributed by atoms with Gasteiger partial charge < -0.3 is 4.52 Å². The molecule has 108 valence electrons. The molecule has 4 nitrogen and oxygen atoms in total. The van der Waals surface area contributed by atoms with Crippen molar-refractivity contribution in [3.05, 3.63) is 47.3 Å². The summed E-state index contributed by atoms with van der Waals surface area (Å²) in [4.78, 5) is 0.352. The highest BCUT2D eigenvalue weighted by Gasteiger charge is 2.11. The monoisotopic (exact) mass is 311 g/mol. The largest absolute Gasteiger partial charge is 0.361 e. The average molecular weight is 311 g/mol. The van der Waals surface area contributed by atoms with Crippen LogP contribution in [0.3, 0.4) is 0 Å². The molecular formula is C14H17NO3S2. The van der Waals surface area contributed by atoms with Crippen molar-refractivity contribution in [1.82, 2.24) is 5.16 Å². The first-order valence-electron chi connectivity index (χ1n) is 6.20. The molecule has 0 saturated heterocycles. The summed E-state index contributed by atoms with van der Waals surface area (Å²) >= 11 is 1.74. The quantitative estimate of drug-likeness (QED) is 0.847. The van der Waals surface area contributed by atoms with Crippen molar-refractivity contribution < 1.29 is 12.9 Å². The molecule has 1 heterocycles. The van der Waals surface area contributed by atoms with Crippen LogP contribution in [0.4, 0.5) is 0 Å². The van der Waals surface area contributed by atoms with Crippen molar-refractivity contribution in [2.45, 2.75) is 29.7 Å². The Kier molecular flexibility index (Phi) is 4.55. The summed E-state index contributed by atoms with van der Waals surface area (Å²) in [7, 11) is -3.13. The Morgan fingerprint density at radius 2 is 1.95 bits per heavy atom. The van der Waals surface area contributed by atoms with Crippen molar-refractivity contribution in [2.24, 2.45) is 0 Å². The van der Waals surface area contributed by atoms with E-state index in [1.807, 2.05) is 25.1 Å². The van der Waals surface area contributed by atoms with Crippen molar-refractivity contribution in [3.8, 4) is 0 Å². The molecule has 2 aromatic rings. The van der Waals surface area contributed by atoms with E-state index in [0.717, 1.165) is 22.8 Å². The molecule has 0 fully saturated rings. The molecular weight excluding hydrogens is 294 g/mol. The molecule has 1 atom stereocenters. The van der Waals surface area contributed by atoms with Gasteiger partial charge in [0.05, 0.1) is 10.6 Å². The van der Waals surface area contributed by atoms with E-state index in [9.17, 15) is 8.42 Å². The molecule has 20 heavy (non-hydrogen) atoms. The Hall–Kier alpha value is -1.27. The number of benzene rings is 1. The predicted octanol–water partition coefficient (Wildman–Crippen LogP) is 3.38. The first-order chi connectivity index (χ1) is 9.36. The fourth-order valence-electron chi connectivity index (χ4n) is 1.78. The highest BCUT2D eigenvalue weighted by molar-refractivity contribution is 7.98. The lowest BCUT2D eigenvalue weighted by atomic mass is 10.2. The van der Waals surface area contributed by atoms with Crippen LogP contribution in [-0.2, 0) is 15.6 Å². The summed E-state index contributed by atoms with van der Waals surface area (Å²) in [6.07, 6.45) is 1.22. The van der Waals surface area contributed by atoms with Gasteiger partial charge in [-0.15, -0.1) is 11.8 Å². The minimum absolute atomic E-state index is 0.264. The minimum Gasteiger partial charge on any atom is -0.361 e. The summed E-state index contributed by atoms with van der Waals surface area (Å²) in [5.74, 6) is 1.58. The lowest BCUT2D eigenvalue weighted by Crippen LogP contribution is -1.97. The maximum Gasteiger partial charge on any atom is 0.175 e. The Bertz CT molecular complexity index is 675. The molecule has 0 radical (unpaired) electrons. The van der Waals surface area contributed by atoms with Crippen LogP contribution in [0, 0.1) is 6.92 Å². The van der Waals surface area contributed by atoms with E-state index in [1.54, 1.807) is 23.9 Å². The average Bonchev–Trinajstić information content (AvgIpc) is 2.81. The molecule has 0 spiro atoms. The van der Waals surface area contributed by atoms with Gasteiger partial charge >= 0.3 is 0 Å². The fourth-order valence-corrected chi connectivity index (χ4v) is 3.32. The smallest absolute Gasteiger partial charge is 0.175 e. The third-order valence-electron chi connectivity index (χ3n) is 2.94. The molecule has 0 N–H and O–H groups in total. The van der Waals surface area contributed by atoms with E-state index in [4.69, 9.17) is 4.52 Å². The number of sulfone groups is 1. The van der Waals surface area contributed by atoms with Crippen LogP contribution in [0.25, 0.3) is 0 Å². The summed E-state index contributed by atoms with van der Waals surface area (Å²) in [5.41, 5.74) is 2.02. The third-order valence-corrected chi connectivity index (χ3v) is 5.30. The normalized spacial score (nSPS) is 13.3. The van der Waals surface area contributed by atoms with E-state index in [1.165, 1.54) is 6.26 Å². The van der Waals surface area contributed by atoms with Crippen LogP contribution in [0.1, 0.15) is 29.2 Å². The number of thioether (sulfide) groups is 1. The van der Waals surface area contributed by atoms with Crippen molar-refractivity contribution in [3.63, 3.8) is 0 Å². The SMILES string of the molecule is Cc1cc(CS[C@H](C)c2ccc(S(C)(=O)=O)cc2)no1. The second-order valence-corrected chi connectivity index (χ2v) is 8.07. The van der Waals surface area contributed by atoms with Crippen LogP contribution in [-0.4, -0.2) is 19.8 Å². The van der Waals surface area contributed by atoms with E-state index in [0.29, 0.717) is 4.90 Å². The number of aryl methyl sites for hydroxylation is 1. The highest BCUT2D eigenvalue weighted by atomic mass is 32.2. The van der Waals surface area contributed by atoms with Crippen molar-refractivity contribution in [1.29, 1.82) is 0 Å². The second-order valence-electron chi connectivity index (χ2n) is 4.72. The van der Waals surface area contributed by atoms with Gasteiger partial charge in [0.2, 0.25) is 0 Å². The van der Waals surface area contributed by atoms with Crippen molar-refractivity contribution >= 4 is 21.6 Å². The Morgan fingerprint density at radius 3 is 2.45 bits per heavy atom. The minimum atomic E-state index is -3.13.